The molecular formula is C16H12OS. The maximum atomic E-state index is 5.80. The molecule has 0 N–H and O–H groups in total. The van der Waals surface area contributed by atoms with Crippen molar-refractivity contribution in [2.24, 2.45) is 0 Å². The molecule has 0 saturated carbocycles. The van der Waals surface area contributed by atoms with Crippen molar-refractivity contribution in [1.29, 1.82) is 0 Å². The molecule has 0 bridgehead atoms. The molecule has 18 heavy (non-hydrogen) atoms. The molecule has 0 radical (unpaired) electrons. The second kappa shape index (κ2) is 4.75. The number of benzene rings is 3. The van der Waals surface area contributed by atoms with E-state index < -0.39 is 0 Å². The molecule has 0 unspecified atom stereocenters. The highest BCUT2D eigenvalue weighted by atomic mass is 32.1. The predicted octanol–water partition coefficient (Wildman–Crippen LogP) is 4.92. The fraction of sp³-hybridized carbons (Fsp3) is 0. The highest BCUT2D eigenvalue weighted by molar-refractivity contribution is 7.80. The van der Waals surface area contributed by atoms with Crippen LogP contribution in [0.1, 0.15) is 0 Å². The Bertz CT molecular complexity index is 677. The van der Waals surface area contributed by atoms with Crippen LogP contribution in [0, 0.1) is 0 Å². The van der Waals surface area contributed by atoms with E-state index in [2.05, 4.69) is 18.7 Å². The molecule has 1 nitrogen and oxygen atoms in total. The van der Waals surface area contributed by atoms with Gasteiger partial charge in [-0.15, -0.1) is 12.6 Å². The highest BCUT2D eigenvalue weighted by Crippen LogP contribution is 2.28. The Morgan fingerprint density at radius 2 is 1.56 bits per heavy atom. The molecule has 0 aliphatic rings. The van der Waals surface area contributed by atoms with Gasteiger partial charge in [-0.3, -0.25) is 0 Å². The van der Waals surface area contributed by atoms with E-state index in [1.165, 1.54) is 0 Å². The summed E-state index contributed by atoms with van der Waals surface area (Å²) < 4.78 is 5.80. The first-order valence-electron chi connectivity index (χ1n) is 5.77. The fourth-order valence-corrected chi connectivity index (χ4v) is 2.22. The average molecular weight is 252 g/mol. The van der Waals surface area contributed by atoms with Crippen LogP contribution >= 0.6 is 12.6 Å². The lowest BCUT2D eigenvalue weighted by Crippen LogP contribution is -1.84. The van der Waals surface area contributed by atoms with Gasteiger partial charge < -0.3 is 4.74 Å². The van der Waals surface area contributed by atoms with Crippen LogP contribution in [-0.2, 0) is 0 Å². The molecule has 0 saturated heterocycles. The van der Waals surface area contributed by atoms with Gasteiger partial charge in [0.15, 0.2) is 0 Å². The largest absolute Gasteiger partial charge is 0.457 e. The van der Waals surface area contributed by atoms with E-state index in [1.807, 2.05) is 60.7 Å². The molecule has 88 valence electrons. The summed E-state index contributed by atoms with van der Waals surface area (Å²) in [6.45, 7) is 0. The van der Waals surface area contributed by atoms with E-state index in [9.17, 15) is 0 Å². The molecule has 0 aliphatic carbocycles. The zero-order chi connectivity index (χ0) is 12.4. The van der Waals surface area contributed by atoms with Crippen molar-refractivity contribution in [1.82, 2.24) is 0 Å². The molecule has 0 aliphatic heterocycles. The van der Waals surface area contributed by atoms with Crippen LogP contribution in [0.3, 0.4) is 0 Å². The van der Waals surface area contributed by atoms with Gasteiger partial charge in [0.25, 0.3) is 0 Å². The van der Waals surface area contributed by atoms with Gasteiger partial charge in [0, 0.05) is 4.90 Å². The molecule has 0 aromatic heterocycles. The van der Waals surface area contributed by atoms with Crippen molar-refractivity contribution in [2.75, 3.05) is 0 Å². The van der Waals surface area contributed by atoms with Crippen LogP contribution in [0.2, 0.25) is 0 Å². The second-order valence-electron chi connectivity index (χ2n) is 4.08. The number of para-hydroxylation sites is 1. The number of fused-ring (bicyclic) bond motifs is 1. The Kier molecular flexibility index (Phi) is 2.95. The Balaban J connectivity index is 1.99. The van der Waals surface area contributed by atoms with Gasteiger partial charge >= 0.3 is 0 Å². The van der Waals surface area contributed by atoms with Gasteiger partial charge in [-0.1, -0.05) is 30.3 Å². The number of hydrogen-bond acceptors (Lipinski definition) is 2. The van der Waals surface area contributed by atoms with Crippen molar-refractivity contribution in [2.45, 2.75) is 4.90 Å². The van der Waals surface area contributed by atoms with Crippen LogP contribution in [0.4, 0.5) is 0 Å². The Morgan fingerprint density at radius 1 is 0.722 bits per heavy atom. The molecule has 0 heterocycles. The maximum absolute atomic E-state index is 5.80. The first kappa shape index (κ1) is 11.2. The minimum atomic E-state index is 0.840. The topological polar surface area (TPSA) is 9.23 Å². The standard InChI is InChI=1S/C16H12OS/c18-16-8-4-5-12-11-14(9-10-15(12)16)17-13-6-2-1-3-7-13/h1-11,18H. The first-order chi connectivity index (χ1) is 8.83. The van der Waals surface area contributed by atoms with Gasteiger partial charge in [-0.2, -0.15) is 0 Å². The molecule has 0 spiro atoms. The summed E-state index contributed by atoms with van der Waals surface area (Å²) in [5, 5.41) is 2.28. The summed E-state index contributed by atoms with van der Waals surface area (Å²) in [4.78, 5) is 0.985. The lowest BCUT2D eigenvalue weighted by molar-refractivity contribution is 0.483. The Hall–Kier alpha value is -1.93. The quantitative estimate of drug-likeness (QED) is 0.637. The average Bonchev–Trinajstić information content (AvgIpc) is 2.40. The lowest BCUT2D eigenvalue weighted by Gasteiger charge is -2.07. The molecule has 2 heteroatoms. The molecule has 0 amide bonds. The number of thiol groups is 1. The van der Waals surface area contributed by atoms with E-state index in [4.69, 9.17) is 4.74 Å². The van der Waals surface area contributed by atoms with Gasteiger partial charge in [0.05, 0.1) is 0 Å². The van der Waals surface area contributed by atoms with Crippen LogP contribution < -0.4 is 4.74 Å². The summed E-state index contributed by atoms with van der Waals surface area (Å²) >= 11 is 4.44. The molecule has 3 rings (SSSR count). The van der Waals surface area contributed by atoms with Crippen molar-refractivity contribution < 1.29 is 4.74 Å². The van der Waals surface area contributed by atoms with E-state index in [-0.39, 0.29) is 0 Å². The highest BCUT2D eigenvalue weighted by Gasteiger charge is 2.01. The predicted molar refractivity (Wildman–Crippen MR) is 77.7 cm³/mol. The van der Waals surface area contributed by atoms with Gasteiger partial charge in [-0.05, 0) is 47.2 Å². The minimum Gasteiger partial charge on any atom is -0.457 e. The van der Waals surface area contributed by atoms with Crippen LogP contribution in [0.5, 0.6) is 11.5 Å². The third-order valence-electron chi connectivity index (χ3n) is 2.81. The summed E-state index contributed by atoms with van der Waals surface area (Å²) in [5.41, 5.74) is 0. The van der Waals surface area contributed by atoms with Crippen molar-refractivity contribution in [3.63, 3.8) is 0 Å². The molecule has 3 aromatic carbocycles. The smallest absolute Gasteiger partial charge is 0.128 e. The molecular weight excluding hydrogens is 240 g/mol. The monoisotopic (exact) mass is 252 g/mol. The summed E-state index contributed by atoms with van der Waals surface area (Å²) in [6, 6.07) is 21.9. The van der Waals surface area contributed by atoms with E-state index in [1.54, 1.807) is 0 Å². The first-order valence-corrected chi connectivity index (χ1v) is 6.22. The molecule has 0 atom stereocenters. The molecule has 3 aromatic rings. The van der Waals surface area contributed by atoms with Crippen LogP contribution in [0.25, 0.3) is 10.8 Å². The van der Waals surface area contributed by atoms with Crippen molar-refractivity contribution in [3.8, 4) is 11.5 Å². The lowest BCUT2D eigenvalue weighted by atomic mass is 10.1. The van der Waals surface area contributed by atoms with Crippen molar-refractivity contribution >= 4 is 23.4 Å². The summed E-state index contributed by atoms with van der Waals surface area (Å²) in [5.74, 6) is 1.69. The number of rotatable bonds is 2. The number of ether oxygens (including phenoxy) is 1. The zero-order valence-corrected chi connectivity index (χ0v) is 10.6. The summed E-state index contributed by atoms with van der Waals surface area (Å²) in [6.07, 6.45) is 0. The SMILES string of the molecule is Sc1cccc2cc(Oc3ccccc3)ccc12. The van der Waals surface area contributed by atoms with Crippen LogP contribution in [-0.4, -0.2) is 0 Å². The van der Waals surface area contributed by atoms with E-state index >= 15 is 0 Å². The Morgan fingerprint density at radius 3 is 2.39 bits per heavy atom. The van der Waals surface area contributed by atoms with Crippen LogP contribution in [0.15, 0.2) is 71.6 Å². The third-order valence-corrected chi connectivity index (χ3v) is 3.20. The Labute approximate surface area is 111 Å². The summed E-state index contributed by atoms with van der Waals surface area (Å²) in [7, 11) is 0. The van der Waals surface area contributed by atoms with E-state index in [0.29, 0.717) is 0 Å². The van der Waals surface area contributed by atoms with Gasteiger partial charge in [0.1, 0.15) is 11.5 Å². The van der Waals surface area contributed by atoms with Gasteiger partial charge in [0.2, 0.25) is 0 Å². The maximum Gasteiger partial charge on any atom is 0.128 e. The van der Waals surface area contributed by atoms with E-state index in [0.717, 1.165) is 27.2 Å². The zero-order valence-electron chi connectivity index (χ0n) is 9.71. The second-order valence-corrected chi connectivity index (χ2v) is 4.56. The number of hydrogen-bond donors (Lipinski definition) is 1. The van der Waals surface area contributed by atoms with Gasteiger partial charge in [-0.25, -0.2) is 0 Å². The van der Waals surface area contributed by atoms with Crippen molar-refractivity contribution in [3.05, 3.63) is 66.7 Å². The third kappa shape index (κ3) is 2.20. The molecule has 0 fully saturated rings. The minimum absolute atomic E-state index is 0.840. The normalized spacial score (nSPS) is 10.5. The fourth-order valence-electron chi connectivity index (χ4n) is 1.93.